The highest BCUT2D eigenvalue weighted by Crippen LogP contribution is 2.39. The fourth-order valence-electron chi connectivity index (χ4n) is 1.67. The summed E-state index contributed by atoms with van der Waals surface area (Å²) in [6.07, 6.45) is 3.98. The summed E-state index contributed by atoms with van der Waals surface area (Å²) in [5.41, 5.74) is 0.637. The average molecular weight is 188 g/mol. The third-order valence-corrected chi connectivity index (χ3v) is 3.04. The molecule has 78 valence electrons. The standard InChI is InChI=1S/C9H18.CH2O3/c1-8-6-4-5-7-9(8,2)3;2-1(3)4/h8H,4-7H2,1-3H3;(H2,2,3,4). The minimum atomic E-state index is -1.83. The summed E-state index contributed by atoms with van der Waals surface area (Å²) in [6, 6.07) is 0. The number of rotatable bonds is 0. The van der Waals surface area contributed by atoms with Crippen molar-refractivity contribution in [3.05, 3.63) is 0 Å². The van der Waals surface area contributed by atoms with Gasteiger partial charge < -0.3 is 10.2 Å². The van der Waals surface area contributed by atoms with Crippen molar-refractivity contribution in [1.82, 2.24) is 0 Å². The molecule has 0 aromatic rings. The van der Waals surface area contributed by atoms with Gasteiger partial charge in [-0.3, -0.25) is 0 Å². The van der Waals surface area contributed by atoms with Crippen LogP contribution in [0.4, 0.5) is 4.79 Å². The normalized spacial score (nSPS) is 25.6. The van der Waals surface area contributed by atoms with Gasteiger partial charge in [0.25, 0.3) is 0 Å². The summed E-state index contributed by atoms with van der Waals surface area (Å²) in [6.45, 7) is 7.19. The molecule has 0 aromatic carbocycles. The third kappa shape index (κ3) is 5.50. The number of carboxylic acid groups (broad SMARTS) is 2. The maximum atomic E-state index is 8.56. The number of hydrogen-bond donors (Lipinski definition) is 2. The van der Waals surface area contributed by atoms with Crippen LogP contribution in [-0.2, 0) is 0 Å². The van der Waals surface area contributed by atoms with E-state index in [1.807, 2.05) is 0 Å². The van der Waals surface area contributed by atoms with Crippen LogP contribution in [0.5, 0.6) is 0 Å². The lowest BCUT2D eigenvalue weighted by molar-refractivity contribution is 0.137. The molecule has 2 N–H and O–H groups in total. The van der Waals surface area contributed by atoms with Gasteiger partial charge in [-0.15, -0.1) is 0 Å². The highest BCUT2D eigenvalue weighted by molar-refractivity contribution is 5.53. The van der Waals surface area contributed by atoms with Crippen molar-refractivity contribution in [2.24, 2.45) is 11.3 Å². The molecule has 0 aliphatic heterocycles. The van der Waals surface area contributed by atoms with Crippen LogP contribution < -0.4 is 0 Å². The summed E-state index contributed by atoms with van der Waals surface area (Å²) in [4.78, 5) is 8.56. The lowest BCUT2D eigenvalue weighted by Crippen LogP contribution is -2.24. The van der Waals surface area contributed by atoms with Crippen LogP contribution in [0.3, 0.4) is 0 Å². The molecule has 1 fully saturated rings. The Morgan fingerprint density at radius 3 is 2.00 bits per heavy atom. The number of hydrogen-bond acceptors (Lipinski definition) is 1. The molecule has 1 rings (SSSR count). The van der Waals surface area contributed by atoms with Crippen LogP contribution in [0.1, 0.15) is 46.5 Å². The van der Waals surface area contributed by atoms with Crippen LogP contribution in [-0.4, -0.2) is 16.4 Å². The highest BCUT2D eigenvalue weighted by atomic mass is 16.6. The van der Waals surface area contributed by atoms with Gasteiger partial charge in [-0.2, -0.15) is 0 Å². The molecular formula is C10H20O3. The summed E-state index contributed by atoms with van der Waals surface area (Å²) in [7, 11) is 0. The number of carbonyl (C=O) groups is 1. The Balaban J connectivity index is 0.000000310. The molecule has 0 saturated heterocycles. The van der Waals surface area contributed by atoms with Gasteiger partial charge in [0.2, 0.25) is 0 Å². The first-order chi connectivity index (χ1) is 5.86. The maximum absolute atomic E-state index is 8.56. The average Bonchev–Trinajstić information content (AvgIpc) is 1.94. The molecule has 0 radical (unpaired) electrons. The fourth-order valence-corrected chi connectivity index (χ4v) is 1.67. The van der Waals surface area contributed by atoms with E-state index in [0.29, 0.717) is 5.41 Å². The smallest absolute Gasteiger partial charge is 0.450 e. The molecular weight excluding hydrogens is 168 g/mol. The van der Waals surface area contributed by atoms with Gasteiger partial charge in [-0.05, 0) is 17.8 Å². The Bertz CT molecular complexity index is 160. The van der Waals surface area contributed by atoms with Crippen LogP contribution in [0.15, 0.2) is 0 Å². The zero-order valence-electron chi connectivity index (χ0n) is 8.71. The van der Waals surface area contributed by atoms with Crippen molar-refractivity contribution in [3.8, 4) is 0 Å². The zero-order valence-corrected chi connectivity index (χ0v) is 8.71. The van der Waals surface area contributed by atoms with E-state index in [1.165, 1.54) is 25.7 Å². The molecule has 1 saturated carbocycles. The summed E-state index contributed by atoms with van der Waals surface area (Å²) < 4.78 is 0. The van der Waals surface area contributed by atoms with E-state index in [2.05, 4.69) is 20.8 Å². The zero-order chi connectivity index (χ0) is 10.5. The Hall–Kier alpha value is -0.730. The summed E-state index contributed by atoms with van der Waals surface area (Å²) >= 11 is 0. The predicted octanol–water partition coefficient (Wildman–Crippen LogP) is 3.45. The molecule has 0 bridgehead atoms. The molecule has 1 unspecified atom stereocenters. The molecule has 0 amide bonds. The quantitative estimate of drug-likeness (QED) is 0.612. The van der Waals surface area contributed by atoms with Crippen molar-refractivity contribution >= 4 is 6.16 Å². The predicted molar refractivity (Wildman–Crippen MR) is 52.1 cm³/mol. The molecule has 1 aliphatic carbocycles. The molecule has 0 heterocycles. The SMILES string of the molecule is CC1CCCCC1(C)C.O=C(O)O. The molecule has 1 aliphatic rings. The Morgan fingerprint density at radius 2 is 1.77 bits per heavy atom. The van der Waals surface area contributed by atoms with E-state index in [0.717, 1.165) is 5.92 Å². The van der Waals surface area contributed by atoms with E-state index >= 15 is 0 Å². The molecule has 13 heavy (non-hydrogen) atoms. The van der Waals surface area contributed by atoms with Crippen LogP contribution in [0.2, 0.25) is 0 Å². The van der Waals surface area contributed by atoms with Gasteiger partial charge in [-0.1, -0.05) is 40.0 Å². The lowest BCUT2D eigenvalue weighted by atomic mass is 9.70. The fraction of sp³-hybridized carbons (Fsp3) is 0.900. The van der Waals surface area contributed by atoms with Crippen molar-refractivity contribution in [3.63, 3.8) is 0 Å². The van der Waals surface area contributed by atoms with E-state index < -0.39 is 6.16 Å². The first-order valence-electron chi connectivity index (χ1n) is 4.78. The minimum Gasteiger partial charge on any atom is -0.450 e. The first-order valence-corrected chi connectivity index (χ1v) is 4.78. The lowest BCUT2D eigenvalue weighted by Gasteiger charge is -2.36. The molecule has 1 atom stereocenters. The first kappa shape index (κ1) is 12.3. The van der Waals surface area contributed by atoms with Gasteiger partial charge in [-0.25, -0.2) is 4.79 Å². The second kappa shape index (κ2) is 5.10. The molecule has 3 nitrogen and oxygen atoms in total. The summed E-state index contributed by atoms with van der Waals surface area (Å²) in [5, 5.41) is 13.9. The van der Waals surface area contributed by atoms with Crippen LogP contribution >= 0.6 is 0 Å². The van der Waals surface area contributed by atoms with E-state index in [-0.39, 0.29) is 0 Å². The topological polar surface area (TPSA) is 57.5 Å². The van der Waals surface area contributed by atoms with Crippen molar-refractivity contribution in [2.75, 3.05) is 0 Å². The molecule has 0 spiro atoms. The summed E-state index contributed by atoms with van der Waals surface area (Å²) in [5.74, 6) is 0.950. The second-order valence-corrected chi connectivity index (χ2v) is 4.42. The van der Waals surface area contributed by atoms with E-state index in [4.69, 9.17) is 15.0 Å². The van der Waals surface area contributed by atoms with Gasteiger partial charge in [0.1, 0.15) is 0 Å². The molecule has 0 aromatic heterocycles. The third-order valence-electron chi connectivity index (χ3n) is 3.04. The molecule has 3 heteroatoms. The Kier molecular flexibility index (Phi) is 4.81. The minimum absolute atomic E-state index is 0.637. The van der Waals surface area contributed by atoms with Crippen molar-refractivity contribution in [2.45, 2.75) is 46.5 Å². The van der Waals surface area contributed by atoms with Gasteiger partial charge in [0.15, 0.2) is 0 Å². The van der Waals surface area contributed by atoms with Gasteiger partial charge in [0.05, 0.1) is 0 Å². The van der Waals surface area contributed by atoms with E-state index in [9.17, 15) is 0 Å². The Labute approximate surface area is 79.8 Å². The van der Waals surface area contributed by atoms with Gasteiger partial charge in [0, 0.05) is 0 Å². The van der Waals surface area contributed by atoms with Crippen molar-refractivity contribution < 1.29 is 15.0 Å². The van der Waals surface area contributed by atoms with Crippen LogP contribution in [0, 0.1) is 11.3 Å². The van der Waals surface area contributed by atoms with E-state index in [1.54, 1.807) is 0 Å². The second-order valence-electron chi connectivity index (χ2n) is 4.42. The Morgan fingerprint density at radius 1 is 1.31 bits per heavy atom. The largest absolute Gasteiger partial charge is 0.503 e. The van der Waals surface area contributed by atoms with Crippen molar-refractivity contribution in [1.29, 1.82) is 0 Å². The van der Waals surface area contributed by atoms with Crippen LogP contribution in [0.25, 0.3) is 0 Å². The van der Waals surface area contributed by atoms with Gasteiger partial charge >= 0.3 is 6.16 Å². The maximum Gasteiger partial charge on any atom is 0.503 e. The monoisotopic (exact) mass is 188 g/mol. The highest BCUT2D eigenvalue weighted by Gasteiger charge is 2.27.